The van der Waals surface area contributed by atoms with Gasteiger partial charge in [0.1, 0.15) is 5.82 Å². The number of anilines is 1. The molecular formula is C19H31N3. The highest BCUT2D eigenvalue weighted by atomic mass is 15.2. The highest BCUT2D eigenvalue weighted by Gasteiger charge is 2.26. The first-order valence-electron chi connectivity index (χ1n) is 9.14. The quantitative estimate of drug-likeness (QED) is 0.915. The lowest BCUT2D eigenvalue weighted by Gasteiger charge is -2.37. The van der Waals surface area contributed by atoms with Gasteiger partial charge in [0, 0.05) is 31.4 Å². The average molecular weight is 301 g/mol. The molecule has 1 saturated heterocycles. The summed E-state index contributed by atoms with van der Waals surface area (Å²) >= 11 is 0. The second-order valence-corrected chi connectivity index (χ2v) is 7.47. The predicted molar refractivity (Wildman–Crippen MR) is 93.2 cm³/mol. The third-order valence-electron chi connectivity index (χ3n) is 5.65. The minimum Gasteiger partial charge on any atom is -0.357 e. The molecule has 3 nitrogen and oxygen atoms in total. The molecule has 0 atom stereocenters. The van der Waals surface area contributed by atoms with Crippen LogP contribution in [0.4, 0.5) is 5.82 Å². The fourth-order valence-electron chi connectivity index (χ4n) is 4.10. The molecule has 2 heterocycles. The Hall–Kier alpha value is -1.09. The second kappa shape index (κ2) is 7.45. The minimum atomic E-state index is 0.709. The van der Waals surface area contributed by atoms with E-state index in [1.165, 1.54) is 38.5 Å². The van der Waals surface area contributed by atoms with E-state index in [0.717, 1.165) is 36.8 Å². The van der Waals surface area contributed by atoms with E-state index in [1.807, 2.05) is 12.3 Å². The van der Waals surface area contributed by atoms with E-state index in [0.29, 0.717) is 6.04 Å². The summed E-state index contributed by atoms with van der Waals surface area (Å²) in [6, 6.07) is 7.67. The summed E-state index contributed by atoms with van der Waals surface area (Å²) in [5.74, 6) is 2.96. The van der Waals surface area contributed by atoms with Crippen LogP contribution >= 0.6 is 0 Å². The van der Waals surface area contributed by atoms with Crippen LogP contribution < -0.4 is 10.2 Å². The van der Waals surface area contributed by atoms with Crippen molar-refractivity contribution in [1.29, 1.82) is 0 Å². The molecule has 1 aromatic rings. The monoisotopic (exact) mass is 301 g/mol. The number of aromatic nitrogens is 1. The van der Waals surface area contributed by atoms with Gasteiger partial charge in [0.15, 0.2) is 0 Å². The van der Waals surface area contributed by atoms with Crippen LogP contribution in [0.3, 0.4) is 0 Å². The zero-order chi connectivity index (χ0) is 15.4. The van der Waals surface area contributed by atoms with Crippen LogP contribution in [0.1, 0.15) is 52.4 Å². The summed E-state index contributed by atoms with van der Waals surface area (Å²) in [7, 11) is 0. The van der Waals surface area contributed by atoms with Gasteiger partial charge in [-0.25, -0.2) is 4.98 Å². The van der Waals surface area contributed by atoms with Crippen molar-refractivity contribution in [2.75, 3.05) is 18.0 Å². The lowest BCUT2D eigenvalue weighted by atomic mass is 9.79. The maximum atomic E-state index is 4.47. The Kier molecular flexibility index (Phi) is 5.35. The molecule has 2 aliphatic rings. The van der Waals surface area contributed by atoms with Gasteiger partial charge in [0.25, 0.3) is 0 Å². The van der Waals surface area contributed by atoms with Gasteiger partial charge in [-0.15, -0.1) is 0 Å². The van der Waals surface area contributed by atoms with Crippen molar-refractivity contribution in [2.24, 2.45) is 11.8 Å². The van der Waals surface area contributed by atoms with Crippen molar-refractivity contribution in [2.45, 2.75) is 64.5 Å². The third-order valence-corrected chi connectivity index (χ3v) is 5.65. The highest BCUT2D eigenvalue weighted by molar-refractivity contribution is 5.38. The molecule has 0 radical (unpaired) electrons. The Bertz CT molecular complexity index is 429. The van der Waals surface area contributed by atoms with Crippen molar-refractivity contribution in [3.8, 4) is 0 Å². The first kappa shape index (κ1) is 15.8. The molecule has 122 valence electrons. The van der Waals surface area contributed by atoms with Crippen LogP contribution in [0.2, 0.25) is 0 Å². The zero-order valence-corrected chi connectivity index (χ0v) is 14.2. The number of hydrogen-bond acceptors (Lipinski definition) is 3. The maximum Gasteiger partial charge on any atom is 0.128 e. The summed E-state index contributed by atoms with van der Waals surface area (Å²) in [6.45, 7) is 7.03. The maximum absolute atomic E-state index is 4.47. The van der Waals surface area contributed by atoms with E-state index >= 15 is 0 Å². The molecule has 1 N–H and O–H groups in total. The van der Waals surface area contributed by atoms with Gasteiger partial charge < -0.3 is 10.2 Å². The van der Waals surface area contributed by atoms with Gasteiger partial charge in [-0.3, -0.25) is 0 Å². The number of nitrogens with zero attached hydrogens (tertiary/aromatic N) is 2. The van der Waals surface area contributed by atoms with Gasteiger partial charge in [-0.05, 0) is 62.5 Å². The fraction of sp³-hybridized carbons (Fsp3) is 0.737. The second-order valence-electron chi connectivity index (χ2n) is 7.47. The molecule has 1 aliphatic heterocycles. The number of nitrogens with one attached hydrogen (secondary N) is 1. The molecule has 0 spiro atoms. The van der Waals surface area contributed by atoms with Crippen molar-refractivity contribution in [1.82, 2.24) is 10.3 Å². The van der Waals surface area contributed by atoms with Crippen LogP contribution in [-0.2, 0) is 0 Å². The normalized spacial score (nSPS) is 27.3. The van der Waals surface area contributed by atoms with Gasteiger partial charge >= 0.3 is 0 Å². The van der Waals surface area contributed by atoms with E-state index < -0.39 is 0 Å². The van der Waals surface area contributed by atoms with Crippen molar-refractivity contribution in [3.63, 3.8) is 0 Å². The SMILES string of the molecule is CC(C)C1CCC(NC2CCN(c3ccccn3)CC2)CC1. The molecule has 2 fully saturated rings. The van der Waals surface area contributed by atoms with Crippen LogP contribution in [0.5, 0.6) is 0 Å². The Morgan fingerprint density at radius 3 is 2.27 bits per heavy atom. The lowest BCUT2D eigenvalue weighted by molar-refractivity contribution is 0.221. The standard InChI is InChI=1S/C19H31N3/c1-15(2)16-6-8-17(9-7-16)21-18-10-13-22(14-11-18)19-5-3-4-12-20-19/h3-5,12,15-18,21H,6-11,13-14H2,1-2H3. The Morgan fingerprint density at radius 2 is 1.68 bits per heavy atom. The summed E-state index contributed by atoms with van der Waals surface area (Å²) < 4.78 is 0. The largest absolute Gasteiger partial charge is 0.357 e. The van der Waals surface area contributed by atoms with Crippen LogP contribution in [0.25, 0.3) is 0 Å². The minimum absolute atomic E-state index is 0.709. The Balaban J connectivity index is 1.41. The first-order chi connectivity index (χ1) is 10.7. The van der Waals surface area contributed by atoms with Crippen molar-refractivity contribution in [3.05, 3.63) is 24.4 Å². The number of pyridine rings is 1. The first-order valence-corrected chi connectivity index (χ1v) is 9.14. The molecule has 1 aliphatic carbocycles. The van der Waals surface area contributed by atoms with Crippen molar-refractivity contribution >= 4 is 5.82 Å². The van der Waals surface area contributed by atoms with Crippen molar-refractivity contribution < 1.29 is 0 Å². The van der Waals surface area contributed by atoms with Gasteiger partial charge in [-0.1, -0.05) is 19.9 Å². The number of rotatable bonds is 4. The lowest BCUT2D eigenvalue weighted by Crippen LogP contribution is -2.47. The molecule has 0 unspecified atom stereocenters. The molecule has 0 bridgehead atoms. The van der Waals surface area contributed by atoms with E-state index in [-0.39, 0.29) is 0 Å². The number of hydrogen-bond donors (Lipinski definition) is 1. The molecule has 1 saturated carbocycles. The number of piperidine rings is 1. The molecule has 22 heavy (non-hydrogen) atoms. The van der Waals surface area contributed by atoms with Gasteiger partial charge in [0.2, 0.25) is 0 Å². The van der Waals surface area contributed by atoms with E-state index in [9.17, 15) is 0 Å². The Labute approximate surface area is 135 Å². The molecule has 0 amide bonds. The van der Waals surface area contributed by atoms with E-state index in [4.69, 9.17) is 0 Å². The third kappa shape index (κ3) is 4.01. The zero-order valence-electron chi connectivity index (χ0n) is 14.2. The van der Waals surface area contributed by atoms with E-state index in [1.54, 1.807) is 0 Å². The van der Waals surface area contributed by atoms with Gasteiger partial charge in [-0.2, -0.15) is 0 Å². The molecule has 1 aromatic heterocycles. The highest BCUT2D eigenvalue weighted by Crippen LogP contribution is 2.30. The summed E-state index contributed by atoms with van der Waals surface area (Å²) in [5.41, 5.74) is 0. The van der Waals surface area contributed by atoms with Crippen LogP contribution in [0, 0.1) is 11.8 Å². The average Bonchev–Trinajstić information content (AvgIpc) is 2.57. The van der Waals surface area contributed by atoms with E-state index in [2.05, 4.69) is 41.2 Å². The molecular weight excluding hydrogens is 270 g/mol. The van der Waals surface area contributed by atoms with Crippen LogP contribution in [-0.4, -0.2) is 30.2 Å². The summed E-state index contributed by atoms with van der Waals surface area (Å²) in [5, 5.41) is 3.94. The summed E-state index contributed by atoms with van der Waals surface area (Å²) in [6.07, 6.45) is 9.99. The molecule has 3 heteroatoms. The smallest absolute Gasteiger partial charge is 0.128 e. The molecule has 0 aromatic carbocycles. The summed E-state index contributed by atoms with van der Waals surface area (Å²) in [4.78, 5) is 6.90. The Morgan fingerprint density at radius 1 is 1.00 bits per heavy atom. The fourth-order valence-corrected chi connectivity index (χ4v) is 4.10. The molecule has 3 rings (SSSR count). The predicted octanol–water partition coefficient (Wildman–Crippen LogP) is 3.85. The van der Waals surface area contributed by atoms with Gasteiger partial charge in [0.05, 0.1) is 0 Å². The topological polar surface area (TPSA) is 28.2 Å². The van der Waals surface area contributed by atoms with Crippen LogP contribution in [0.15, 0.2) is 24.4 Å².